The molecular weight excluding hydrogens is 515 g/mol. The topological polar surface area (TPSA) is 48.4 Å². The van der Waals surface area contributed by atoms with Crippen molar-refractivity contribution in [1.29, 1.82) is 0 Å². The van der Waals surface area contributed by atoms with Crippen LogP contribution in [0, 0.1) is 20.8 Å². The monoisotopic (exact) mass is 530 g/mol. The lowest BCUT2D eigenvalue weighted by atomic mass is 9.98. The van der Waals surface area contributed by atoms with Crippen LogP contribution < -0.4 is 10.0 Å². The molecule has 2 aliphatic rings. The number of hydrogen-bond donors (Lipinski definition) is 0. The highest BCUT2D eigenvalue weighted by Gasteiger charge is 2.48. The maximum atomic E-state index is 13.6. The van der Waals surface area contributed by atoms with E-state index in [9.17, 15) is 4.79 Å². The summed E-state index contributed by atoms with van der Waals surface area (Å²) in [5.74, 6) is 0.232. The second-order valence-electron chi connectivity index (χ2n) is 7.52. The van der Waals surface area contributed by atoms with Crippen LogP contribution in [0.25, 0.3) is 0 Å². The van der Waals surface area contributed by atoms with Gasteiger partial charge in [-0.3, -0.25) is 9.73 Å². The highest BCUT2D eigenvalue weighted by atomic mass is 79.9. The van der Waals surface area contributed by atoms with Crippen LogP contribution in [-0.4, -0.2) is 17.0 Å². The van der Waals surface area contributed by atoms with E-state index >= 15 is 0 Å². The number of nitrogens with zero attached hydrogens (tertiary/aromatic N) is 4. The summed E-state index contributed by atoms with van der Waals surface area (Å²) in [6.45, 7) is 5.73. The number of amides is 1. The SMILES string of the molecule is Cc1c(Cl)c(C)c(C2=NON3N(C(=O)c4ccccc4Br)c4ccccc4N23)c(C)c1Cl. The van der Waals surface area contributed by atoms with Crippen molar-refractivity contribution >= 4 is 62.2 Å². The molecule has 0 fully saturated rings. The standard InChI is InChI=1S/C23H17BrCl2N4O2/c1-12-19(13(2)21(26)14(3)20(12)25)22-27-32-30-28(22)17-10-6-7-11-18(17)29(30)23(31)15-8-4-5-9-16(15)24/h4-11H,1-3H3. The number of halogens is 3. The van der Waals surface area contributed by atoms with Gasteiger partial charge in [-0.15, -0.1) is 0 Å². The minimum Gasteiger partial charge on any atom is -0.267 e. The van der Waals surface area contributed by atoms with E-state index in [4.69, 9.17) is 28.1 Å². The summed E-state index contributed by atoms with van der Waals surface area (Å²) in [6.07, 6.45) is 0. The quantitative estimate of drug-likeness (QED) is 0.374. The maximum absolute atomic E-state index is 13.6. The molecule has 32 heavy (non-hydrogen) atoms. The molecule has 0 atom stereocenters. The molecule has 0 spiro atoms. The summed E-state index contributed by atoms with van der Waals surface area (Å²) in [6, 6.07) is 14.8. The highest BCUT2D eigenvalue weighted by Crippen LogP contribution is 2.45. The van der Waals surface area contributed by atoms with Crippen molar-refractivity contribution in [1.82, 2.24) is 5.28 Å². The number of para-hydroxylation sites is 2. The summed E-state index contributed by atoms with van der Waals surface area (Å²) in [5.41, 5.74) is 5.16. The van der Waals surface area contributed by atoms with E-state index in [1.807, 2.05) is 63.2 Å². The van der Waals surface area contributed by atoms with Crippen molar-refractivity contribution in [2.45, 2.75) is 20.8 Å². The molecule has 0 bridgehead atoms. The third kappa shape index (κ3) is 2.96. The van der Waals surface area contributed by atoms with E-state index in [1.54, 1.807) is 11.1 Å². The molecule has 0 N–H and O–H groups in total. The lowest BCUT2D eigenvalue weighted by Crippen LogP contribution is -2.49. The van der Waals surface area contributed by atoms with Crippen molar-refractivity contribution in [3.63, 3.8) is 0 Å². The van der Waals surface area contributed by atoms with Crippen molar-refractivity contribution in [2.24, 2.45) is 5.16 Å². The summed E-state index contributed by atoms with van der Waals surface area (Å²) >= 11 is 16.6. The van der Waals surface area contributed by atoms with E-state index in [2.05, 4.69) is 21.1 Å². The molecule has 9 heteroatoms. The molecule has 0 saturated carbocycles. The smallest absolute Gasteiger partial charge is 0.267 e. The van der Waals surface area contributed by atoms with Gasteiger partial charge in [0, 0.05) is 20.1 Å². The molecule has 5 rings (SSSR count). The fourth-order valence-corrected chi connectivity index (χ4v) is 4.94. The van der Waals surface area contributed by atoms with Gasteiger partial charge in [-0.25, -0.2) is 0 Å². The zero-order valence-electron chi connectivity index (χ0n) is 17.4. The van der Waals surface area contributed by atoms with Crippen LogP contribution >= 0.6 is 39.1 Å². The maximum Gasteiger partial charge on any atom is 0.278 e. The Morgan fingerprint density at radius 3 is 2.16 bits per heavy atom. The van der Waals surface area contributed by atoms with Gasteiger partial charge in [0.05, 0.1) is 22.2 Å². The second-order valence-corrected chi connectivity index (χ2v) is 9.13. The largest absolute Gasteiger partial charge is 0.278 e. The Hall–Kier alpha value is -2.58. The first-order valence-corrected chi connectivity index (χ1v) is 11.4. The van der Waals surface area contributed by atoms with Gasteiger partial charge in [-0.2, -0.15) is 10.0 Å². The Morgan fingerprint density at radius 2 is 1.50 bits per heavy atom. The summed E-state index contributed by atoms with van der Waals surface area (Å²) in [5, 5.41) is 10.0. The van der Waals surface area contributed by atoms with Crippen LogP contribution in [0.5, 0.6) is 0 Å². The molecule has 3 aromatic carbocycles. The molecule has 2 heterocycles. The first-order valence-electron chi connectivity index (χ1n) is 9.81. The predicted octanol–water partition coefficient (Wildman–Crippen LogP) is 6.59. The van der Waals surface area contributed by atoms with Crippen LogP contribution in [0.15, 0.2) is 58.2 Å². The molecule has 2 aliphatic heterocycles. The molecule has 0 saturated heterocycles. The van der Waals surface area contributed by atoms with Crippen LogP contribution in [0.4, 0.5) is 11.4 Å². The fourth-order valence-electron chi connectivity index (χ4n) is 4.06. The van der Waals surface area contributed by atoms with Gasteiger partial charge in [-0.05, 0) is 82.8 Å². The summed E-state index contributed by atoms with van der Waals surface area (Å²) in [7, 11) is 0. The van der Waals surface area contributed by atoms with Gasteiger partial charge in [-0.1, -0.05) is 47.5 Å². The average molecular weight is 532 g/mol. The van der Waals surface area contributed by atoms with Crippen LogP contribution in [0.3, 0.4) is 0 Å². The van der Waals surface area contributed by atoms with Crippen LogP contribution in [0.1, 0.15) is 32.6 Å². The number of fused-ring (bicyclic) bond motifs is 3. The third-order valence-corrected chi connectivity index (χ3v) is 7.49. The Labute approximate surface area is 203 Å². The van der Waals surface area contributed by atoms with Crippen LogP contribution in [-0.2, 0) is 4.94 Å². The summed E-state index contributed by atoms with van der Waals surface area (Å²) in [4.78, 5) is 19.2. The Bertz CT molecular complexity index is 1300. The molecular formula is C23H17BrCl2N4O2. The Morgan fingerprint density at radius 1 is 0.906 bits per heavy atom. The zero-order chi connectivity index (χ0) is 22.7. The Kier molecular flexibility index (Phi) is 5.17. The number of carbonyl (C=O) groups is 1. The second kappa shape index (κ2) is 7.78. The molecule has 1 amide bonds. The number of hydrogen-bond acceptors (Lipinski definition) is 5. The molecule has 6 nitrogen and oxygen atoms in total. The van der Waals surface area contributed by atoms with E-state index in [0.29, 0.717) is 31.6 Å². The van der Waals surface area contributed by atoms with Gasteiger partial charge < -0.3 is 0 Å². The number of oxime groups is 1. The molecule has 0 radical (unpaired) electrons. The van der Waals surface area contributed by atoms with Crippen molar-refractivity contribution < 1.29 is 9.73 Å². The van der Waals surface area contributed by atoms with Crippen molar-refractivity contribution in [3.05, 3.63) is 90.9 Å². The molecule has 0 aromatic heterocycles. The van der Waals surface area contributed by atoms with Gasteiger partial charge in [0.25, 0.3) is 5.91 Å². The van der Waals surface area contributed by atoms with Gasteiger partial charge in [0.15, 0.2) is 0 Å². The minimum atomic E-state index is -0.266. The average Bonchev–Trinajstić information content (AvgIpc) is 3.35. The highest BCUT2D eigenvalue weighted by molar-refractivity contribution is 9.10. The first kappa shape index (κ1) is 21.3. The number of benzene rings is 3. The van der Waals surface area contributed by atoms with Gasteiger partial charge in [0.2, 0.25) is 5.84 Å². The normalized spacial score (nSPS) is 14.9. The lowest BCUT2D eigenvalue weighted by Gasteiger charge is -2.25. The molecule has 162 valence electrons. The van der Waals surface area contributed by atoms with Gasteiger partial charge >= 0.3 is 0 Å². The lowest BCUT2D eigenvalue weighted by molar-refractivity contribution is -0.135. The molecule has 3 aromatic rings. The van der Waals surface area contributed by atoms with Crippen LogP contribution in [0.2, 0.25) is 10.0 Å². The van der Waals surface area contributed by atoms with Crippen molar-refractivity contribution in [2.75, 3.05) is 10.0 Å². The predicted molar refractivity (Wildman–Crippen MR) is 130 cm³/mol. The van der Waals surface area contributed by atoms with E-state index in [0.717, 1.165) is 27.9 Å². The first-order chi connectivity index (χ1) is 15.3. The Balaban J connectivity index is 1.65. The fraction of sp³-hybridized carbons (Fsp3) is 0.130. The third-order valence-electron chi connectivity index (χ3n) is 5.67. The van der Waals surface area contributed by atoms with E-state index in [1.165, 1.54) is 10.3 Å². The van der Waals surface area contributed by atoms with E-state index in [-0.39, 0.29) is 5.91 Å². The molecule has 0 unspecified atom stereocenters. The summed E-state index contributed by atoms with van der Waals surface area (Å²) < 4.78 is 0.685. The van der Waals surface area contributed by atoms with E-state index < -0.39 is 0 Å². The number of anilines is 2. The molecule has 0 aliphatic carbocycles. The minimum absolute atomic E-state index is 0.266. The number of carbonyl (C=O) groups excluding carboxylic acids is 1. The number of amidine groups is 1. The number of hydrazine groups is 2. The van der Waals surface area contributed by atoms with Crippen molar-refractivity contribution in [3.8, 4) is 0 Å². The van der Waals surface area contributed by atoms with Gasteiger partial charge in [0.1, 0.15) is 0 Å². The number of rotatable bonds is 2. The zero-order valence-corrected chi connectivity index (χ0v) is 20.5.